The summed E-state index contributed by atoms with van der Waals surface area (Å²) in [4.78, 5) is 17.3. The quantitative estimate of drug-likeness (QED) is 0.668. The van der Waals surface area contributed by atoms with Gasteiger partial charge in [0, 0.05) is 35.5 Å². The summed E-state index contributed by atoms with van der Waals surface area (Å²) >= 11 is 8.18. The first kappa shape index (κ1) is 20.2. The van der Waals surface area contributed by atoms with E-state index in [1.807, 2.05) is 29.2 Å². The summed E-state index contributed by atoms with van der Waals surface area (Å²) in [5, 5.41) is 0.745. The summed E-state index contributed by atoms with van der Waals surface area (Å²) in [5.74, 6) is 1.12. The molecule has 0 N–H and O–H groups in total. The van der Waals surface area contributed by atoms with Crippen molar-refractivity contribution in [2.45, 2.75) is 38.7 Å². The summed E-state index contributed by atoms with van der Waals surface area (Å²) in [5.41, 5.74) is 3.52. The monoisotopic (exact) mass is 402 g/mol. The molecule has 1 saturated heterocycles. The predicted molar refractivity (Wildman–Crippen MR) is 115 cm³/mol. The fraction of sp³-hybridized carbons (Fsp3) is 0.409. The number of amides is 1. The van der Waals surface area contributed by atoms with Crippen molar-refractivity contribution in [2.75, 3.05) is 18.8 Å². The van der Waals surface area contributed by atoms with E-state index in [1.54, 1.807) is 11.8 Å². The Morgan fingerprint density at radius 3 is 2.59 bits per heavy atom. The largest absolute Gasteiger partial charge is 0.325 e. The van der Waals surface area contributed by atoms with Crippen molar-refractivity contribution in [3.8, 4) is 0 Å². The lowest BCUT2D eigenvalue weighted by Crippen LogP contribution is -2.42. The van der Waals surface area contributed by atoms with Crippen LogP contribution in [0.15, 0.2) is 48.5 Å². The summed E-state index contributed by atoms with van der Waals surface area (Å²) < 4.78 is 0. The van der Waals surface area contributed by atoms with E-state index in [4.69, 9.17) is 11.6 Å². The van der Waals surface area contributed by atoms with Crippen LogP contribution in [-0.2, 0) is 11.3 Å². The number of nitrogens with zero attached hydrogens (tertiary/aromatic N) is 2. The van der Waals surface area contributed by atoms with Gasteiger partial charge in [-0.25, -0.2) is 0 Å². The second-order valence-corrected chi connectivity index (χ2v) is 8.91. The Labute approximate surface area is 171 Å². The molecular weight excluding hydrogens is 376 g/mol. The van der Waals surface area contributed by atoms with Crippen LogP contribution in [-0.4, -0.2) is 40.6 Å². The fourth-order valence-electron chi connectivity index (χ4n) is 3.27. The molecule has 3 nitrogen and oxygen atoms in total. The Morgan fingerprint density at radius 1 is 1.22 bits per heavy atom. The van der Waals surface area contributed by atoms with E-state index < -0.39 is 0 Å². The van der Waals surface area contributed by atoms with Crippen molar-refractivity contribution >= 4 is 29.3 Å². The summed E-state index contributed by atoms with van der Waals surface area (Å²) in [6, 6.07) is 16.7. The van der Waals surface area contributed by atoms with Crippen molar-refractivity contribution in [3.63, 3.8) is 0 Å². The topological polar surface area (TPSA) is 23.6 Å². The minimum Gasteiger partial charge on any atom is -0.325 e. The lowest BCUT2D eigenvalue weighted by Gasteiger charge is -2.30. The van der Waals surface area contributed by atoms with E-state index in [2.05, 4.69) is 49.9 Å². The van der Waals surface area contributed by atoms with Gasteiger partial charge in [0.1, 0.15) is 5.37 Å². The number of rotatable bonds is 6. The van der Waals surface area contributed by atoms with Crippen LogP contribution in [0, 0.1) is 6.92 Å². The molecule has 1 fully saturated rings. The van der Waals surface area contributed by atoms with Gasteiger partial charge in [-0.3, -0.25) is 9.69 Å². The average Bonchev–Trinajstić information content (AvgIpc) is 3.13. The number of hydrogen-bond donors (Lipinski definition) is 0. The van der Waals surface area contributed by atoms with Gasteiger partial charge in [0.25, 0.3) is 0 Å². The molecule has 2 aromatic rings. The highest BCUT2D eigenvalue weighted by Crippen LogP contribution is 2.40. The molecule has 0 bridgehead atoms. The number of thioether (sulfide) groups is 1. The van der Waals surface area contributed by atoms with Gasteiger partial charge in [-0.2, -0.15) is 0 Å². The molecule has 1 aliphatic rings. The van der Waals surface area contributed by atoms with E-state index in [-0.39, 0.29) is 11.3 Å². The SMILES string of the molecule is Cc1ccc(CN(CC(=O)N2CCS[C@@H]2c2ccccc2Cl)C(C)C)cc1. The molecule has 0 radical (unpaired) electrons. The smallest absolute Gasteiger partial charge is 0.237 e. The van der Waals surface area contributed by atoms with E-state index >= 15 is 0 Å². The van der Waals surface area contributed by atoms with Crippen LogP contribution < -0.4 is 0 Å². The second-order valence-electron chi connectivity index (χ2n) is 7.32. The molecule has 1 aliphatic heterocycles. The van der Waals surface area contributed by atoms with Crippen LogP contribution in [0.2, 0.25) is 5.02 Å². The first-order valence-corrected chi connectivity index (χ1v) is 10.8. The Bertz CT molecular complexity index is 778. The molecule has 0 aromatic heterocycles. The predicted octanol–water partition coefficient (Wildman–Crippen LogP) is 5.13. The molecule has 27 heavy (non-hydrogen) atoms. The molecule has 1 amide bonds. The van der Waals surface area contributed by atoms with Crippen molar-refractivity contribution in [1.29, 1.82) is 0 Å². The lowest BCUT2D eigenvalue weighted by atomic mass is 10.1. The highest BCUT2D eigenvalue weighted by atomic mass is 35.5. The number of benzene rings is 2. The third-order valence-corrected chi connectivity index (χ3v) is 6.54. The number of halogens is 1. The molecule has 1 atom stereocenters. The molecular formula is C22H27ClN2OS. The van der Waals surface area contributed by atoms with Gasteiger partial charge in [0.2, 0.25) is 5.91 Å². The molecule has 5 heteroatoms. The van der Waals surface area contributed by atoms with Crippen LogP contribution in [0.3, 0.4) is 0 Å². The number of carbonyl (C=O) groups is 1. The Hall–Kier alpha value is -1.49. The highest BCUT2D eigenvalue weighted by Gasteiger charge is 2.32. The van der Waals surface area contributed by atoms with E-state index in [9.17, 15) is 4.79 Å². The lowest BCUT2D eigenvalue weighted by molar-refractivity contribution is -0.133. The van der Waals surface area contributed by atoms with Gasteiger partial charge >= 0.3 is 0 Å². The third-order valence-electron chi connectivity index (χ3n) is 4.96. The van der Waals surface area contributed by atoms with Crippen molar-refractivity contribution in [2.24, 2.45) is 0 Å². The average molecular weight is 403 g/mol. The molecule has 1 heterocycles. The van der Waals surface area contributed by atoms with Crippen molar-refractivity contribution < 1.29 is 4.79 Å². The van der Waals surface area contributed by atoms with Crippen LogP contribution >= 0.6 is 23.4 Å². The Kier molecular flexibility index (Phi) is 6.85. The minimum atomic E-state index is 0.0135. The molecule has 144 valence electrons. The van der Waals surface area contributed by atoms with Crippen LogP contribution in [0.5, 0.6) is 0 Å². The van der Waals surface area contributed by atoms with E-state index in [1.165, 1.54) is 11.1 Å². The minimum absolute atomic E-state index is 0.0135. The van der Waals surface area contributed by atoms with E-state index in [0.29, 0.717) is 12.6 Å². The third kappa shape index (κ3) is 5.07. The molecule has 2 aromatic carbocycles. The maximum atomic E-state index is 13.1. The summed E-state index contributed by atoms with van der Waals surface area (Å²) in [6.07, 6.45) is 0. The summed E-state index contributed by atoms with van der Waals surface area (Å²) in [6.45, 7) is 8.36. The molecule has 3 rings (SSSR count). The van der Waals surface area contributed by atoms with Crippen molar-refractivity contribution in [1.82, 2.24) is 9.80 Å². The zero-order chi connectivity index (χ0) is 19.4. The highest BCUT2D eigenvalue weighted by molar-refractivity contribution is 7.99. The van der Waals surface area contributed by atoms with Crippen molar-refractivity contribution in [3.05, 3.63) is 70.2 Å². The molecule has 0 unspecified atom stereocenters. The summed E-state index contributed by atoms with van der Waals surface area (Å²) in [7, 11) is 0. The molecule has 0 saturated carbocycles. The number of carbonyl (C=O) groups excluding carboxylic acids is 1. The molecule has 0 aliphatic carbocycles. The van der Waals surface area contributed by atoms with Crippen LogP contribution in [0.25, 0.3) is 0 Å². The maximum absolute atomic E-state index is 13.1. The molecule has 0 spiro atoms. The zero-order valence-corrected chi connectivity index (χ0v) is 17.8. The zero-order valence-electron chi connectivity index (χ0n) is 16.2. The van der Waals surface area contributed by atoms with Gasteiger partial charge in [-0.15, -0.1) is 11.8 Å². The van der Waals surface area contributed by atoms with Gasteiger partial charge in [0.05, 0.1) is 6.54 Å². The number of aryl methyl sites for hydroxylation is 1. The van der Waals surface area contributed by atoms with Gasteiger partial charge in [0.15, 0.2) is 0 Å². The Morgan fingerprint density at radius 2 is 1.93 bits per heavy atom. The fourth-order valence-corrected chi connectivity index (χ4v) is 4.89. The van der Waals surface area contributed by atoms with Crippen LogP contribution in [0.4, 0.5) is 0 Å². The van der Waals surface area contributed by atoms with Gasteiger partial charge < -0.3 is 4.90 Å². The second kappa shape index (κ2) is 9.13. The van der Waals surface area contributed by atoms with E-state index in [0.717, 1.165) is 29.4 Å². The Balaban J connectivity index is 1.71. The number of hydrogen-bond acceptors (Lipinski definition) is 3. The standard InChI is InChI=1S/C22H27ClN2OS/c1-16(2)24(14-18-10-8-17(3)9-11-18)15-21(26)25-12-13-27-22(25)19-6-4-5-7-20(19)23/h4-11,16,22H,12-15H2,1-3H3/t22-/m1/s1. The maximum Gasteiger partial charge on any atom is 0.237 e. The first-order valence-electron chi connectivity index (χ1n) is 9.41. The van der Waals surface area contributed by atoms with Gasteiger partial charge in [-0.1, -0.05) is 59.6 Å². The van der Waals surface area contributed by atoms with Crippen LogP contribution in [0.1, 0.15) is 35.9 Å². The first-order chi connectivity index (χ1) is 13.0. The normalized spacial score (nSPS) is 17.1. The van der Waals surface area contributed by atoms with Gasteiger partial charge in [-0.05, 0) is 32.4 Å².